The second-order valence-electron chi connectivity index (χ2n) is 23.4. The molecule has 0 amide bonds. The number of unbranched alkanes of at least 4 members (excludes halogenated alkanes) is 36. The van der Waals surface area contributed by atoms with E-state index in [-0.39, 0.29) is 19.5 Å². The summed E-state index contributed by atoms with van der Waals surface area (Å²) < 4.78 is 48.0. The van der Waals surface area contributed by atoms with Crippen molar-refractivity contribution in [3.05, 3.63) is 119 Å². The average Bonchev–Trinajstić information content (AvgIpc) is 3.47. The summed E-state index contributed by atoms with van der Waals surface area (Å²) in [5, 5.41) is 0. The van der Waals surface area contributed by atoms with Gasteiger partial charge in [-0.25, -0.2) is 9.13 Å². The maximum Gasteiger partial charge on any atom is 2.00 e. The van der Waals surface area contributed by atoms with E-state index in [0.29, 0.717) is 23.0 Å². The molecule has 0 bridgehead atoms. The van der Waals surface area contributed by atoms with E-state index in [1.165, 1.54) is 205 Å². The summed E-state index contributed by atoms with van der Waals surface area (Å²) in [6.45, 7) is 9.02. The minimum atomic E-state index is -4.57. The quantitative estimate of drug-likeness (QED) is 0.0244. The fourth-order valence-corrected chi connectivity index (χ4v) is 12.7. The van der Waals surface area contributed by atoms with Gasteiger partial charge in [0.15, 0.2) is 0 Å². The normalized spacial score (nSPS) is 11.4. The van der Waals surface area contributed by atoms with Crippen molar-refractivity contribution >= 4 is 15.6 Å². The molecule has 4 aromatic carbocycles. The summed E-state index contributed by atoms with van der Waals surface area (Å²) in [5.41, 5.74) is 3.69. The fourth-order valence-electron chi connectivity index (χ4n) is 10.9. The average molecular weight is 1240 g/mol. The second kappa shape index (κ2) is 51.2. The van der Waals surface area contributed by atoms with Crippen molar-refractivity contribution in [2.45, 2.75) is 310 Å². The van der Waals surface area contributed by atoms with Gasteiger partial charge in [0.05, 0.1) is 0 Å². The van der Waals surface area contributed by atoms with Crippen LogP contribution in [0.2, 0.25) is 0 Å². The van der Waals surface area contributed by atoms with Crippen molar-refractivity contribution in [3.8, 4) is 23.0 Å². The van der Waals surface area contributed by atoms with E-state index >= 15 is 0 Å². The predicted octanol–water partition coefficient (Wildman–Crippen LogP) is 23.1. The van der Waals surface area contributed by atoms with Gasteiger partial charge in [-0.15, -0.1) is 0 Å². The first-order valence-corrected chi connectivity index (χ1v) is 36.8. The Kier molecular flexibility index (Phi) is 47.0. The number of para-hydroxylation sites is 4. The van der Waals surface area contributed by atoms with Crippen molar-refractivity contribution in [1.29, 1.82) is 0 Å². The monoisotopic (exact) mass is 1230 g/mol. The predicted molar refractivity (Wildman–Crippen MR) is 346 cm³/mol. The summed E-state index contributed by atoms with van der Waals surface area (Å²) in [4.78, 5) is 25.9. The first kappa shape index (κ1) is 76.2. The van der Waals surface area contributed by atoms with Crippen LogP contribution in [0.15, 0.2) is 97.1 Å². The number of benzene rings is 4. The number of aryl methyl sites for hydroxylation is 4. The van der Waals surface area contributed by atoms with E-state index in [1.54, 1.807) is 24.3 Å². The minimum absolute atomic E-state index is 0. The molecule has 8 nitrogen and oxygen atoms in total. The third-order valence-electron chi connectivity index (χ3n) is 15.9. The molecule has 0 radical (unpaired) electrons. The van der Waals surface area contributed by atoms with Gasteiger partial charge in [0, 0.05) is 0 Å². The van der Waals surface area contributed by atoms with Crippen molar-refractivity contribution in [2.24, 2.45) is 0 Å². The third-order valence-corrected chi connectivity index (χ3v) is 17.6. The standard InChI is InChI=1S/2C36H59O4P.Zn/c2*1-3-5-7-9-11-13-15-17-19-21-27-33-29-23-25-31-35(33)39-41(37,38)40-36-32-26-24-30-34(36)28-22-20-18-16-14-12-10-8-6-4-2;/h2*23-26,29-32H,3-22,27-28H2,1-2H3,(H,37,38);/q;;+2/p-2. The molecule has 4 aromatic rings. The molecule has 0 unspecified atom stereocenters. The molecule has 0 heterocycles. The Labute approximate surface area is 521 Å². The van der Waals surface area contributed by atoms with Gasteiger partial charge in [-0.2, -0.15) is 0 Å². The smallest absolute Gasteiger partial charge is 0.736 e. The molecule has 0 atom stereocenters. The van der Waals surface area contributed by atoms with Gasteiger partial charge in [-0.1, -0.05) is 332 Å². The van der Waals surface area contributed by atoms with Crippen LogP contribution in [0.25, 0.3) is 0 Å². The van der Waals surface area contributed by atoms with Gasteiger partial charge in [0.25, 0.3) is 0 Å². The molecule has 0 saturated carbocycles. The minimum Gasteiger partial charge on any atom is -0.736 e. The summed E-state index contributed by atoms with van der Waals surface area (Å²) in [6.07, 6.45) is 54.2. The van der Waals surface area contributed by atoms with Crippen LogP contribution in [0.4, 0.5) is 0 Å². The van der Waals surface area contributed by atoms with Crippen LogP contribution in [0, 0.1) is 0 Å². The zero-order chi connectivity index (χ0) is 58.9. The zero-order valence-corrected chi connectivity index (χ0v) is 58.0. The first-order chi connectivity index (χ1) is 40.1. The van der Waals surface area contributed by atoms with E-state index in [9.17, 15) is 18.9 Å². The summed E-state index contributed by atoms with van der Waals surface area (Å²) in [6, 6.07) is 29.8. The van der Waals surface area contributed by atoms with Crippen molar-refractivity contribution in [2.75, 3.05) is 0 Å². The summed E-state index contributed by atoms with van der Waals surface area (Å²) in [7, 11) is -9.14. The van der Waals surface area contributed by atoms with Gasteiger partial charge >= 0.3 is 35.1 Å². The van der Waals surface area contributed by atoms with Crippen LogP contribution in [0.1, 0.15) is 307 Å². The molecule has 464 valence electrons. The summed E-state index contributed by atoms with van der Waals surface area (Å²) >= 11 is 0. The van der Waals surface area contributed by atoms with E-state index in [0.717, 1.165) is 99.3 Å². The number of hydrogen-bond acceptors (Lipinski definition) is 8. The first-order valence-electron chi connectivity index (χ1n) is 33.8. The Morgan fingerprint density at radius 1 is 0.253 bits per heavy atom. The number of rotatable bonds is 52. The fraction of sp³-hybridized carbons (Fsp3) is 0.667. The molecule has 4 rings (SSSR count). The van der Waals surface area contributed by atoms with Crippen LogP contribution in [-0.4, -0.2) is 0 Å². The molecule has 0 saturated heterocycles. The Morgan fingerprint density at radius 3 is 0.566 bits per heavy atom. The van der Waals surface area contributed by atoms with Crippen molar-refractivity contribution in [3.63, 3.8) is 0 Å². The van der Waals surface area contributed by atoms with Crippen molar-refractivity contribution < 1.29 is 56.5 Å². The molecule has 0 N–H and O–H groups in total. The number of hydrogen-bond donors (Lipinski definition) is 0. The van der Waals surface area contributed by atoms with E-state index in [1.807, 2.05) is 72.8 Å². The molecular formula is C72H116O8P2Zn. The summed E-state index contributed by atoms with van der Waals surface area (Å²) in [5.74, 6) is 1.53. The maximum atomic E-state index is 12.9. The number of phosphoric acid groups is 2. The molecule has 11 heteroatoms. The Balaban J connectivity index is 0.000000560. The van der Waals surface area contributed by atoms with Crippen LogP contribution < -0.4 is 27.9 Å². The van der Waals surface area contributed by atoms with Gasteiger partial charge < -0.3 is 27.9 Å². The second-order valence-corrected chi connectivity index (χ2v) is 25.9. The van der Waals surface area contributed by atoms with E-state index < -0.39 is 15.6 Å². The third kappa shape index (κ3) is 39.5. The van der Waals surface area contributed by atoms with Gasteiger partial charge in [-0.3, -0.25) is 0 Å². The molecular weight excluding hydrogens is 1120 g/mol. The molecule has 83 heavy (non-hydrogen) atoms. The topological polar surface area (TPSA) is 117 Å². The molecule has 0 spiro atoms. The van der Waals surface area contributed by atoms with E-state index in [4.69, 9.17) is 18.1 Å². The molecule has 0 fully saturated rings. The van der Waals surface area contributed by atoms with Crippen LogP contribution in [0.3, 0.4) is 0 Å². The molecule has 0 aliphatic carbocycles. The Morgan fingerprint density at radius 2 is 0.398 bits per heavy atom. The Hall–Kier alpha value is -2.92. The van der Waals surface area contributed by atoms with Gasteiger partial charge in [0.2, 0.25) is 0 Å². The van der Waals surface area contributed by atoms with Crippen LogP contribution in [0.5, 0.6) is 23.0 Å². The molecule has 0 aromatic heterocycles. The number of phosphoric ester groups is 2. The van der Waals surface area contributed by atoms with Crippen LogP contribution >= 0.6 is 15.6 Å². The van der Waals surface area contributed by atoms with Gasteiger partial charge in [-0.05, 0) is 97.9 Å². The van der Waals surface area contributed by atoms with Crippen molar-refractivity contribution in [1.82, 2.24) is 0 Å². The SMILES string of the molecule is CCCCCCCCCCCCc1ccccc1OP(=O)([O-])Oc1ccccc1CCCCCCCCCCCC.CCCCCCCCCCCCc1ccccc1OP(=O)([O-])Oc1ccccc1CCCCCCCCCCCC.[Zn+2]. The Bertz CT molecular complexity index is 1940. The van der Waals surface area contributed by atoms with Crippen LogP contribution in [-0.2, 0) is 54.3 Å². The maximum absolute atomic E-state index is 12.9. The molecule has 0 aliphatic rings. The van der Waals surface area contributed by atoms with Gasteiger partial charge in [0.1, 0.15) is 23.0 Å². The zero-order valence-electron chi connectivity index (χ0n) is 53.2. The molecule has 0 aliphatic heterocycles. The van der Waals surface area contributed by atoms with E-state index in [2.05, 4.69) is 27.7 Å². The largest absolute Gasteiger partial charge is 2.00 e.